The summed E-state index contributed by atoms with van der Waals surface area (Å²) in [6.45, 7) is 3.32. The number of ether oxygens (including phenoxy) is 1. The van der Waals surface area contributed by atoms with Gasteiger partial charge in [0.05, 0.1) is 0 Å². The molecular formula is C9H9F3O2. The molecule has 0 aromatic heterocycles. The molecule has 1 heterocycles. The van der Waals surface area contributed by atoms with Crippen molar-refractivity contribution in [1.82, 2.24) is 0 Å². The van der Waals surface area contributed by atoms with Gasteiger partial charge in [-0.2, -0.15) is 13.2 Å². The van der Waals surface area contributed by atoms with Crippen LogP contribution >= 0.6 is 0 Å². The maximum absolute atomic E-state index is 12.5. The summed E-state index contributed by atoms with van der Waals surface area (Å²) in [5, 5.41) is 0. The van der Waals surface area contributed by atoms with Gasteiger partial charge >= 0.3 is 12.1 Å². The van der Waals surface area contributed by atoms with E-state index in [4.69, 9.17) is 0 Å². The first-order valence-corrected chi connectivity index (χ1v) is 4.01. The minimum absolute atomic E-state index is 0.136. The predicted octanol–water partition coefficient (Wildman–Crippen LogP) is 2.37. The van der Waals surface area contributed by atoms with E-state index in [0.29, 0.717) is 0 Å². The lowest BCUT2D eigenvalue weighted by Gasteiger charge is -2.28. The van der Waals surface area contributed by atoms with Crippen molar-refractivity contribution in [3.8, 4) is 0 Å². The van der Waals surface area contributed by atoms with Gasteiger partial charge in [-0.05, 0) is 12.5 Å². The molecule has 1 atom stereocenters. The van der Waals surface area contributed by atoms with Gasteiger partial charge in [-0.15, -0.1) is 6.58 Å². The fourth-order valence-corrected chi connectivity index (χ4v) is 1.20. The first-order valence-electron chi connectivity index (χ1n) is 4.01. The number of cyclic esters (lactones) is 1. The molecule has 1 rings (SSSR count). The maximum Gasteiger partial charge on any atom is 0.432 e. The highest BCUT2D eigenvalue weighted by molar-refractivity contribution is 5.85. The molecule has 0 N–H and O–H groups in total. The van der Waals surface area contributed by atoms with Gasteiger partial charge in [0, 0.05) is 12.5 Å². The van der Waals surface area contributed by atoms with Crippen LogP contribution in [-0.4, -0.2) is 17.7 Å². The number of hydrogen-bond acceptors (Lipinski definition) is 2. The van der Waals surface area contributed by atoms with E-state index in [2.05, 4.69) is 11.3 Å². The molecule has 1 aliphatic rings. The predicted molar refractivity (Wildman–Crippen MR) is 43.4 cm³/mol. The minimum Gasteiger partial charge on any atom is -0.442 e. The largest absolute Gasteiger partial charge is 0.442 e. The lowest BCUT2D eigenvalue weighted by atomic mass is 9.97. The van der Waals surface area contributed by atoms with E-state index in [-0.39, 0.29) is 12.8 Å². The van der Waals surface area contributed by atoms with Crippen LogP contribution in [0.15, 0.2) is 24.8 Å². The zero-order valence-corrected chi connectivity index (χ0v) is 7.30. The molecule has 5 heteroatoms. The van der Waals surface area contributed by atoms with Crippen molar-refractivity contribution in [2.45, 2.75) is 24.6 Å². The van der Waals surface area contributed by atoms with Crippen LogP contribution in [0.4, 0.5) is 13.2 Å². The number of carbonyl (C=O) groups excluding carboxylic acids is 1. The Hall–Kier alpha value is -1.26. The number of carbonyl (C=O) groups is 1. The van der Waals surface area contributed by atoms with Crippen molar-refractivity contribution in [2.75, 3.05) is 0 Å². The molecule has 0 aromatic rings. The van der Waals surface area contributed by atoms with Crippen LogP contribution < -0.4 is 0 Å². The zero-order valence-electron chi connectivity index (χ0n) is 7.30. The first kappa shape index (κ1) is 10.8. The van der Waals surface area contributed by atoms with Gasteiger partial charge in [0.15, 0.2) is 0 Å². The molecule has 0 fully saturated rings. The van der Waals surface area contributed by atoms with Gasteiger partial charge in [-0.25, -0.2) is 4.79 Å². The molecule has 2 nitrogen and oxygen atoms in total. The smallest absolute Gasteiger partial charge is 0.432 e. The molecule has 0 radical (unpaired) electrons. The van der Waals surface area contributed by atoms with Crippen molar-refractivity contribution in [1.29, 1.82) is 0 Å². The summed E-state index contributed by atoms with van der Waals surface area (Å²) >= 11 is 0. The highest BCUT2D eigenvalue weighted by Crippen LogP contribution is 2.41. The van der Waals surface area contributed by atoms with Crippen LogP contribution in [0.3, 0.4) is 0 Å². The van der Waals surface area contributed by atoms with E-state index in [1.165, 1.54) is 6.08 Å². The number of alkyl halides is 3. The third-order valence-electron chi connectivity index (χ3n) is 1.97. The molecule has 0 aliphatic carbocycles. The summed E-state index contributed by atoms with van der Waals surface area (Å²) in [5.74, 6) is -0.952. The average molecular weight is 206 g/mol. The summed E-state index contributed by atoms with van der Waals surface area (Å²) < 4.78 is 41.9. The quantitative estimate of drug-likeness (QED) is 0.523. The summed E-state index contributed by atoms with van der Waals surface area (Å²) in [6.07, 6.45) is -1.83. The van der Waals surface area contributed by atoms with Crippen molar-refractivity contribution < 1.29 is 22.7 Å². The van der Waals surface area contributed by atoms with Gasteiger partial charge in [-0.1, -0.05) is 6.08 Å². The van der Waals surface area contributed by atoms with E-state index < -0.39 is 17.7 Å². The molecule has 0 bridgehead atoms. The van der Waals surface area contributed by atoms with E-state index in [1.807, 2.05) is 0 Å². The molecule has 14 heavy (non-hydrogen) atoms. The molecule has 1 aliphatic heterocycles. The third kappa shape index (κ3) is 1.81. The van der Waals surface area contributed by atoms with Crippen LogP contribution in [0.2, 0.25) is 0 Å². The number of allylic oxidation sites excluding steroid dienone is 1. The second-order valence-electron chi connectivity index (χ2n) is 2.97. The summed E-state index contributed by atoms with van der Waals surface area (Å²) in [4.78, 5) is 10.6. The second kappa shape index (κ2) is 3.48. The number of esters is 1. The third-order valence-corrected chi connectivity index (χ3v) is 1.97. The van der Waals surface area contributed by atoms with Gasteiger partial charge in [-0.3, -0.25) is 0 Å². The van der Waals surface area contributed by atoms with Crippen LogP contribution in [0.1, 0.15) is 12.8 Å². The highest BCUT2D eigenvalue weighted by Gasteiger charge is 2.57. The van der Waals surface area contributed by atoms with E-state index in [9.17, 15) is 18.0 Å². The van der Waals surface area contributed by atoms with Crippen molar-refractivity contribution in [3.63, 3.8) is 0 Å². The molecule has 0 amide bonds. The highest BCUT2D eigenvalue weighted by atomic mass is 19.4. The molecular weight excluding hydrogens is 197 g/mol. The molecule has 1 unspecified atom stereocenters. The Morgan fingerprint density at radius 2 is 2.21 bits per heavy atom. The Balaban J connectivity index is 2.87. The van der Waals surface area contributed by atoms with Gasteiger partial charge in [0.25, 0.3) is 0 Å². The topological polar surface area (TPSA) is 26.3 Å². The fourth-order valence-electron chi connectivity index (χ4n) is 1.20. The summed E-state index contributed by atoms with van der Waals surface area (Å²) in [6, 6.07) is 0. The minimum atomic E-state index is -4.57. The van der Waals surface area contributed by atoms with Gasteiger partial charge < -0.3 is 4.74 Å². The Morgan fingerprint density at radius 1 is 1.57 bits per heavy atom. The number of hydrogen-bond donors (Lipinski definition) is 0. The number of rotatable bonds is 3. The molecule has 0 spiro atoms. The van der Waals surface area contributed by atoms with Gasteiger partial charge in [0.1, 0.15) is 0 Å². The van der Waals surface area contributed by atoms with E-state index >= 15 is 0 Å². The standard InChI is InChI=1S/C9H9F3O2/c1-2-3-5-8(9(10,11)12)6-4-7(13)14-8/h2,4,6H,1,3,5H2. The maximum atomic E-state index is 12.5. The van der Waals surface area contributed by atoms with Crippen molar-refractivity contribution in [2.24, 2.45) is 0 Å². The van der Waals surface area contributed by atoms with E-state index in [1.54, 1.807) is 0 Å². The van der Waals surface area contributed by atoms with Crippen molar-refractivity contribution in [3.05, 3.63) is 24.8 Å². The fraction of sp³-hybridized carbons (Fsp3) is 0.444. The zero-order chi connectivity index (χ0) is 10.8. The molecule has 78 valence electrons. The normalized spacial score (nSPS) is 26.4. The Kier molecular flexibility index (Phi) is 2.69. The monoisotopic (exact) mass is 206 g/mol. The SMILES string of the molecule is C=CCCC1(C(F)(F)F)C=CC(=O)O1. The van der Waals surface area contributed by atoms with Crippen molar-refractivity contribution >= 4 is 5.97 Å². The molecule has 0 saturated heterocycles. The van der Waals surface area contributed by atoms with E-state index in [0.717, 1.165) is 12.2 Å². The Morgan fingerprint density at radius 3 is 2.57 bits per heavy atom. The lowest BCUT2D eigenvalue weighted by Crippen LogP contribution is -2.44. The second-order valence-corrected chi connectivity index (χ2v) is 2.97. The summed E-state index contributed by atoms with van der Waals surface area (Å²) in [5.41, 5.74) is -2.45. The van der Waals surface area contributed by atoms with Crippen LogP contribution in [0.5, 0.6) is 0 Å². The first-order chi connectivity index (χ1) is 6.41. The van der Waals surface area contributed by atoms with Crippen LogP contribution in [0.25, 0.3) is 0 Å². The molecule has 0 saturated carbocycles. The lowest BCUT2D eigenvalue weighted by molar-refractivity contribution is -0.247. The van der Waals surface area contributed by atoms with Crippen LogP contribution in [0, 0.1) is 0 Å². The average Bonchev–Trinajstić information content (AvgIpc) is 2.44. The van der Waals surface area contributed by atoms with Crippen LogP contribution in [-0.2, 0) is 9.53 Å². The summed E-state index contributed by atoms with van der Waals surface area (Å²) in [7, 11) is 0. The Labute approximate surface area is 79.0 Å². The number of halogens is 3. The Bertz CT molecular complexity index is 280. The van der Waals surface area contributed by atoms with Gasteiger partial charge in [0.2, 0.25) is 5.60 Å². The molecule has 0 aromatic carbocycles.